The van der Waals surface area contributed by atoms with E-state index in [1.54, 1.807) is 13.3 Å². The van der Waals surface area contributed by atoms with Crippen molar-refractivity contribution in [2.45, 2.75) is 24.4 Å². The van der Waals surface area contributed by atoms with Gasteiger partial charge in [0.25, 0.3) is 0 Å². The van der Waals surface area contributed by atoms with E-state index in [-0.39, 0.29) is 11.5 Å². The Bertz CT molecular complexity index is 348. The molecule has 0 aliphatic heterocycles. The van der Waals surface area contributed by atoms with Crippen molar-refractivity contribution < 1.29 is 9.84 Å². The number of methoxy groups -OCH3 is 1. The summed E-state index contributed by atoms with van der Waals surface area (Å²) in [6.45, 7) is 0.520. The van der Waals surface area contributed by atoms with Crippen LogP contribution in [0.25, 0.3) is 0 Å². The number of aliphatic hydroxyl groups is 1. The molecule has 0 amide bonds. The maximum atomic E-state index is 9.42. The zero-order chi connectivity index (χ0) is 10.9. The highest BCUT2D eigenvalue weighted by Gasteiger charge is 2.45. The average molecular weight is 208 g/mol. The molecular weight excluding hydrogens is 192 g/mol. The van der Waals surface area contributed by atoms with Crippen LogP contribution in [-0.2, 0) is 5.41 Å². The van der Waals surface area contributed by atoms with Crippen molar-refractivity contribution >= 4 is 0 Å². The van der Waals surface area contributed by atoms with E-state index in [0.717, 1.165) is 5.56 Å². The molecule has 1 aliphatic carbocycles. The van der Waals surface area contributed by atoms with Crippen molar-refractivity contribution in [3.8, 4) is 5.88 Å². The molecule has 0 unspecified atom stereocenters. The summed E-state index contributed by atoms with van der Waals surface area (Å²) in [6.07, 6.45) is 2.86. The van der Waals surface area contributed by atoms with E-state index in [1.807, 2.05) is 12.1 Å². The average Bonchev–Trinajstić information content (AvgIpc) is 2.24. The molecule has 4 nitrogen and oxygen atoms in total. The number of aliphatic hydroxyl groups excluding tert-OH is 1. The maximum Gasteiger partial charge on any atom is 0.216 e. The lowest BCUT2D eigenvalue weighted by Crippen LogP contribution is -2.50. The number of aromatic nitrogens is 1. The van der Waals surface area contributed by atoms with Crippen LogP contribution in [0.3, 0.4) is 0 Å². The van der Waals surface area contributed by atoms with Crippen LogP contribution in [0.15, 0.2) is 18.3 Å². The predicted molar refractivity (Wildman–Crippen MR) is 56.8 cm³/mol. The summed E-state index contributed by atoms with van der Waals surface area (Å²) in [5.74, 6) is 0.620. The lowest BCUT2D eigenvalue weighted by Gasteiger charge is -2.45. The Morgan fingerprint density at radius 2 is 2.40 bits per heavy atom. The molecule has 0 aromatic carbocycles. The van der Waals surface area contributed by atoms with Crippen molar-refractivity contribution in [1.82, 2.24) is 4.98 Å². The molecule has 1 fully saturated rings. The van der Waals surface area contributed by atoms with Gasteiger partial charge in [0, 0.05) is 23.7 Å². The molecule has 0 spiro atoms. The maximum absolute atomic E-state index is 9.42. The van der Waals surface area contributed by atoms with E-state index in [1.165, 1.54) is 0 Å². The van der Waals surface area contributed by atoms with Crippen LogP contribution >= 0.6 is 0 Å². The van der Waals surface area contributed by atoms with E-state index in [4.69, 9.17) is 10.5 Å². The largest absolute Gasteiger partial charge is 0.481 e. The summed E-state index contributed by atoms with van der Waals surface area (Å²) in [7, 11) is 1.60. The molecule has 15 heavy (non-hydrogen) atoms. The van der Waals surface area contributed by atoms with Crippen molar-refractivity contribution in [2.75, 3.05) is 13.7 Å². The highest BCUT2D eigenvalue weighted by atomic mass is 16.5. The summed E-state index contributed by atoms with van der Waals surface area (Å²) in [6, 6.07) is 3.85. The van der Waals surface area contributed by atoms with Gasteiger partial charge in [0.15, 0.2) is 0 Å². The van der Waals surface area contributed by atoms with Crippen molar-refractivity contribution in [3.63, 3.8) is 0 Å². The van der Waals surface area contributed by atoms with E-state index < -0.39 is 0 Å². The first-order chi connectivity index (χ1) is 7.22. The SMILES string of the molecule is COc1ncccc1C1(CN)CC(O)C1. The standard InChI is InChI=1S/C11H16N2O2/c1-15-10-9(3-2-4-13-10)11(7-12)5-8(14)6-11/h2-4,8,14H,5-7,12H2,1H3. The number of rotatable bonds is 3. The summed E-state index contributed by atoms with van der Waals surface area (Å²) >= 11 is 0. The minimum atomic E-state index is -0.238. The number of ether oxygens (including phenoxy) is 1. The molecule has 1 aromatic rings. The fourth-order valence-electron chi connectivity index (χ4n) is 2.30. The zero-order valence-corrected chi connectivity index (χ0v) is 8.81. The van der Waals surface area contributed by atoms with Gasteiger partial charge in [0.1, 0.15) is 0 Å². The van der Waals surface area contributed by atoms with Gasteiger partial charge >= 0.3 is 0 Å². The minimum absolute atomic E-state index is 0.140. The molecule has 0 bridgehead atoms. The molecule has 0 atom stereocenters. The molecule has 1 saturated carbocycles. The van der Waals surface area contributed by atoms with Crippen molar-refractivity contribution in [2.24, 2.45) is 5.73 Å². The van der Waals surface area contributed by atoms with Gasteiger partial charge in [-0.2, -0.15) is 0 Å². The predicted octanol–water partition coefficient (Wildman–Crippen LogP) is 0.441. The Hall–Kier alpha value is -1.13. The highest BCUT2D eigenvalue weighted by molar-refractivity contribution is 5.37. The summed E-state index contributed by atoms with van der Waals surface area (Å²) in [4.78, 5) is 4.16. The van der Waals surface area contributed by atoms with Gasteiger partial charge in [0.2, 0.25) is 5.88 Å². The Morgan fingerprint density at radius 1 is 1.67 bits per heavy atom. The normalized spacial score (nSPS) is 29.7. The first-order valence-corrected chi connectivity index (χ1v) is 5.09. The van der Waals surface area contributed by atoms with Gasteiger partial charge in [-0.1, -0.05) is 6.07 Å². The number of nitrogens with zero attached hydrogens (tertiary/aromatic N) is 1. The van der Waals surface area contributed by atoms with Gasteiger partial charge in [-0.3, -0.25) is 0 Å². The minimum Gasteiger partial charge on any atom is -0.481 e. The number of pyridine rings is 1. The fraction of sp³-hybridized carbons (Fsp3) is 0.545. The lowest BCUT2D eigenvalue weighted by molar-refractivity contribution is 0.0208. The second kappa shape index (κ2) is 3.79. The molecule has 1 aromatic heterocycles. The Balaban J connectivity index is 2.35. The first kappa shape index (κ1) is 10.4. The molecule has 3 N–H and O–H groups in total. The van der Waals surface area contributed by atoms with Crippen LogP contribution in [0.5, 0.6) is 5.88 Å². The summed E-state index contributed by atoms with van der Waals surface area (Å²) < 4.78 is 5.22. The van der Waals surface area contributed by atoms with Crippen LogP contribution in [0.2, 0.25) is 0 Å². The van der Waals surface area contributed by atoms with Crippen LogP contribution < -0.4 is 10.5 Å². The lowest BCUT2D eigenvalue weighted by atomic mass is 9.63. The monoisotopic (exact) mass is 208 g/mol. The van der Waals surface area contributed by atoms with E-state index >= 15 is 0 Å². The van der Waals surface area contributed by atoms with Crippen LogP contribution in [-0.4, -0.2) is 29.8 Å². The van der Waals surface area contributed by atoms with E-state index in [0.29, 0.717) is 25.3 Å². The van der Waals surface area contributed by atoms with E-state index in [2.05, 4.69) is 4.98 Å². The molecule has 1 heterocycles. The Morgan fingerprint density at radius 3 is 2.93 bits per heavy atom. The van der Waals surface area contributed by atoms with Crippen molar-refractivity contribution in [3.05, 3.63) is 23.9 Å². The second-order valence-corrected chi connectivity index (χ2v) is 4.11. The molecule has 82 valence electrons. The number of nitrogens with two attached hydrogens (primary N) is 1. The third-order valence-corrected chi connectivity index (χ3v) is 3.18. The third kappa shape index (κ3) is 1.60. The third-order valence-electron chi connectivity index (χ3n) is 3.18. The van der Waals surface area contributed by atoms with Gasteiger partial charge in [0.05, 0.1) is 13.2 Å². The smallest absolute Gasteiger partial charge is 0.216 e. The van der Waals surface area contributed by atoms with Crippen LogP contribution in [0.1, 0.15) is 18.4 Å². The second-order valence-electron chi connectivity index (χ2n) is 4.11. The van der Waals surface area contributed by atoms with Gasteiger partial charge < -0.3 is 15.6 Å². The fourth-order valence-corrected chi connectivity index (χ4v) is 2.30. The van der Waals surface area contributed by atoms with Crippen molar-refractivity contribution in [1.29, 1.82) is 0 Å². The summed E-state index contributed by atoms with van der Waals surface area (Å²) in [5.41, 5.74) is 6.67. The van der Waals surface area contributed by atoms with Gasteiger partial charge in [-0.15, -0.1) is 0 Å². The highest BCUT2D eigenvalue weighted by Crippen LogP contribution is 2.45. The zero-order valence-electron chi connectivity index (χ0n) is 8.81. The van der Waals surface area contributed by atoms with Crippen LogP contribution in [0, 0.1) is 0 Å². The number of hydrogen-bond acceptors (Lipinski definition) is 4. The van der Waals surface area contributed by atoms with Gasteiger partial charge in [-0.05, 0) is 18.9 Å². The Labute approximate surface area is 89.1 Å². The molecular formula is C11H16N2O2. The first-order valence-electron chi connectivity index (χ1n) is 5.09. The molecule has 4 heteroatoms. The van der Waals surface area contributed by atoms with Crippen LogP contribution in [0.4, 0.5) is 0 Å². The van der Waals surface area contributed by atoms with E-state index in [9.17, 15) is 5.11 Å². The molecule has 0 radical (unpaired) electrons. The molecule has 0 saturated heterocycles. The molecule has 2 rings (SSSR count). The quantitative estimate of drug-likeness (QED) is 0.756. The Kier molecular flexibility index (Phi) is 2.63. The molecule has 1 aliphatic rings. The topological polar surface area (TPSA) is 68.4 Å². The van der Waals surface area contributed by atoms with Gasteiger partial charge in [-0.25, -0.2) is 4.98 Å². The summed E-state index contributed by atoms with van der Waals surface area (Å²) in [5, 5.41) is 9.42. The number of hydrogen-bond donors (Lipinski definition) is 2.